The summed E-state index contributed by atoms with van der Waals surface area (Å²) in [5.41, 5.74) is 1.02. The van der Waals surface area contributed by atoms with E-state index >= 15 is 0 Å². The first-order chi connectivity index (χ1) is 12.1. The molecule has 2 aliphatic heterocycles. The number of piperazine rings is 1. The predicted octanol–water partition coefficient (Wildman–Crippen LogP) is 0.364. The lowest BCUT2D eigenvalue weighted by Gasteiger charge is -2.35. The van der Waals surface area contributed by atoms with Crippen LogP contribution in [0.2, 0.25) is 0 Å². The molecule has 0 radical (unpaired) electrons. The summed E-state index contributed by atoms with van der Waals surface area (Å²) in [5, 5.41) is 5.25. The normalized spacial score (nSPS) is 21.8. The highest BCUT2D eigenvalue weighted by Gasteiger charge is 2.26. The van der Waals surface area contributed by atoms with E-state index in [0.717, 1.165) is 6.29 Å². The molecular formula is C17H21FN4O3. The van der Waals surface area contributed by atoms with Crippen molar-refractivity contribution in [1.82, 2.24) is 10.2 Å². The van der Waals surface area contributed by atoms with E-state index in [9.17, 15) is 18.8 Å². The number of hydrogen-bond donors (Lipinski definition) is 2. The van der Waals surface area contributed by atoms with Gasteiger partial charge in [-0.15, -0.1) is 0 Å². The highest BCUT2D eigenvalue weighted by atomic mass is 19.1. The first-order valence-corrected chi connectivity index (χ1v) is 8.37. The van der Waals surface area contributed by atoms with Crippen molar-refractivity contribution in [2.45, 2.75) is 18.9 Å². The third kappa shape index (κ3) is 4.14. The van der Waals surface area contributed by atoms with Gasteiger partial charge in [-0.05, 0) is 24.6 Å². The van der Waals surface area contributed by atoms with Crippen LogP contribution in [0, 0.1) is 5.82 Å². The van der Waals surface area contributed by atoms with Gasteiger partial charge in [-0.25, -0.2) is 4.39 Å². The van der Waals surface area contributed by atoms with E-state index < -0.39 is 6.04 Å². The zero-order valence-corrected chi connectivity index (χ0v) is 13.8. The number of anilines is 2. The van der Waals surface area contributed by atoms with Gasteiger partial charge >= 0.3 is 0 Å². The smallest absolute Gasteiger partial charge is 0.249 e. The van der Waals surface area contributed by atoms with E-state index in [-0.39, 0.29) is 24.1 Å². The van der Waals surface area contributed by atoms with Gasteiger partial charge in [-0.3, -0.25) is 19.8 Å². The zero-order chi connectivity index (χ0) is 17.8. The first kappa shape index (κ1) is 17.3. The average molecular weight is 348 g/mol. The molecule has 3 rings (SSSR count). The van der Waals surface area contributed by atoms with Gasteiger partial charge < -0.3 is 15.0 Å². The molecule has 2 amide bonds. The zero-order valence-electron chi connectivity index (χ0n) is 13.8. The van der Waals surface area contributed by atoms with Crippen molar-refractivity contribution in [3.63, 3.8) is 0 Å². The molecule has 1 aromatic carbocycles. The van der Waals surface area contributed by atoms with Gasteiger partial charge in [0.05, 0.1) is 12.2 Å². The van der Waals surface area contributed by atoms with Gasteiger partial charge in [0.25, 0.3) is 0 Å². The van der Waals surface area contributed by atoms with Crippen molar-refractivity contribution in [1.29, 1.82) is 0 Å². The molecule has 8 heteroatoms. The fourth-order valence-electron chi connectivity index (χ4n) is 3.16. The van der Waals surface area contributed by atoms with Gasteiger partial charge in [0.2, 0.25) is 11.8 Å². The Morgan fingerprint density at radius 3 is 2.64 bits per heavy atom. The molecule has 2 heterocycles. The molecular weight excluding hydrogens is 327 g/mol. The number of amides is 2. The Morgan fingerprint density at radius 1 is 1.24 bits per heavy atom. The molecule has 1 unspecified atom stereocenters. The van der Waals surface area contributed by atoms with E-state index in [1.54, 1.807) is 12.1 Å². The van der Waals surface area contributed by atoms with E-state index in [1.807, 2.05) is 9.80 Å². The number of carbonyl (C=O) groups is 3. The van der Waals surface area contributed by atoms with Crippen LogP contribution in [0.15, 0.2) is 18.2 Å². The fourth-order valence-corrected chi connectivity index (χ4v) is 3.16. The standard InChI is InChI=1S/C17H21FN4O3/c18-13-11-12(19-14-2-4-16(24)20-17(14)25)1-3-15(13)22-7-5-21(6-8-22)9-10-23/h1,3,10-11,14,19H,2,4-9H2,(H,20,24,25). The van der Waals surface area contributed by atoms with Crippen LogP contribution in [0.4, 0.5) is 15.8 Å². The van der Waals surface area contributed by atoms with Crippen LogP contribution in [0.5, 0.6) is 0 Å². The minimum Gasteiger partial charge on any atom is -0.374 e. The Balaban J connectivity index is 1.62. The monoisotopic (exact) mass is 348 g/mol. The van der Waals surface area contributed by atoms with E-state index in [0.29, 0.717) is 50.5 Å². The Labute approximate surface area is 145 Å². The molecule has 0 bridgehead atoms. The SMILES string of the molecule is O=CCN1CCN(c2ccc(NC3CCC(=O)NC3=O)cc2F)CC1. The van der Waals surface area contributed by atoms with Gasteiger partial charge in [0, 0.05) is 38.3 Å². The van der Waals surface area contributed by atoms with Crippen LogP contribution in [0.1, 0.15) is 12.8 Å². The number of piperidine rings is 1. The summed E-state index contributed by atoms with van der Waals surface area (Å²) in [7, 11) is 0. The van der Waals surface area contributed by atoms with Crippen LogP contribution in [0.3, 0.4) is 0 Å². The summed E-state index contributed by atoms with van der Waals surface area (Å²) < 4.78 is 14.5. The second-order valence-electron chi connectivity index (χ2n) is 6.27. The van der Waals surface area contributed by atoms with Crippen LogP contribution < -0.4 is 15.5 Å². The molecule has 134 valence electrons. The summed E-state index contributed by atoms with van der Waals surface area (Å²) in [6.45, 7) is 3.16. The minimum absolute atomic E-state index is 0.273. The third-order valence-electron chi connectivity index (χ3n) is 4.57. The Hall–Kier alpha value is -2.48. The molecule has 1 atom stereocenters. The number of hydrogen-bond acceptors (Lipinski definition) is 6. The van der Waals surface area contributed by atoms with Gasteiger partial charge in [0.1, 0.15) is 18.1 Å². The Kier molecular flexibility index (Phi) is 5.28. The molecule has 0 aliphatic carbocycles. The topological polar surface area (TPSA) is 81.8 Å². The number of nitrogens with zero attached hydrogens (tertiary/aromatic N) is 2. The largest absolute Gasteiger partial charge is 0.374 e. The van der Waals surface area contributed by atoms with Crippen LogP contribution in [-0.4, -0.2) is 61.8 Å². The third-order valence-corrected chi connectivity index (χ3v) is 4.57. The number of halogens is 1. The van der Waals surface area contributed by atoms with Crippen molar-refractivity contribution >= 4 is 29.5 Å². The first-order valence-electron chi connectivity index (χ1n) is 8.37. The maximum absolute atomic E-state index is 14.5. The summed E-state index contributed by atoms with van der Waals surface area (Å²) in [4.78, 5) is 37.5. The molecule has 2 aliphatic rings. The molecule has 0 aromatic heterocycles. The minimum atomic E-state index is -0.533. The fraction of sp³-hybridized carbons (Fsp3) is 0.471. The van der Waals surface area contributed by atoms with E-state index in [4.69, 9.17) is 0 Å². The molecule has 7 nitrogen and oxygen atoms in total. The molecule has 0 saturated carbocycles. The van der Waals surface area contributed by atoms with Crippen LogP contribution in [0.25, 0.3) is 0 Å². The lowest BCUT2D eigenvalue weighted by Crippen LogP contribution is -2.47. The lowest BCUT2D eigenvalue weighted by atomic mass is 10.1. The van der Waals surface area contributed by atoms with Crippen molar-refractivity contribution in [2.24, 2.45) is 0 Å². The molecule has 25 heavy (non-hydrogen) atoms. The molecule has 2 N–H and O–H groups in total. The maximum Gasteiger partial charge on any atom is 0.249 e. The quantitative estimate of drug-likeness (QED) is 0.591. The van der Waals surface area contributed by atoms with Gasteiger partial charge in [0.15, 0.2) is 0 Å². The van der Waals surface area contributed by atoms with E-state index in [2.05, 4.69) is 10.6 Å². The highest BCUT2D eigenvalue weighted by Crippen LogP contribution is 2.25. The van der Waals surface area contributed by atoms with Gasteiger partial charge in [-0.2, -0.15) is 0 Å². The van der Waals surface area contributed by atoms with Crippen molar-refractivity contribution < 1.29 is 18.8 Å². The number of rotatable bonds is 5. The summed E-state index contributed by atoms with van der Waals surface area (Å²) >= 11 is 0. The van der Waals surface area contributed by atoms with Crippen LogP contribution in [-0.2, 0) is 14.4 Å². The van der Waals surface area contributed by atoms with Crippen molar-refractivity contribution in [3.05, 3.63) is 24.0 Å². The van der Waals surface area contributed by atoms with Crippen LogP contribution >= 0.6 is 0 Å². The van der Waals surface area contributed by atoms with Crippen molar-refractivity contribution in [3.8, 4) is 0 Å². The number of imide groups is 1. The Morgan fingerprint density at radius 2 is 2.00 bits per heavy atom. The molecule has 2 saturated heterocycles. The van der Waals surface area contributed by atoms with Crippen molar-refractivity contribution in [2.75, 3.05) is 42.9 Å². The lowest BCUT2D eigenvalue weighted by molar-refractivity contribution is -0.133. The number of carbonyl (C=O) groups excluding carboxylic acids is 3. The van der Waals surface area contributed by atoms with E-state index in [1.165, 1.54) is 6.07 Å². The Bertz CT molecular complexity index is 674. The summed E-state index contributed by atoms with van der Waals surface area (Å²) in [6.07, 6.45) is 1.55. The summed E-state index contributed by atoms with van der Waals surface area (Å²) in [5.74, 6) is -1.02. The maximum atomic E-state index is 14.5. The predicted molar refractivity (Wildman–Crippen MR) is 90.9 cm³/mol. The summed E-state index contributed by atoms with van der Waals surface area (Å²) in [6, 6.07) is 4.27. The highest BCUT2D eigenvalue weighted by molar-refractivity contribution is 6.01. The van der Waals surface area contributed by atoms with Gasteiger partial charge in [-0.1, -0.05) is 0 Å². The second-order valence-corrected chi connectivity index (χ2v) is 6.27. The molecule has 1 aromatic rings. The number of nitrogens with one attached hydrogen (secondary N) is 2. The number of aldehydes is 1. The average Bonchev–Trinajstić information content (AvgIpc) is 2.59. The molecule has 2 fully saturated rings. The number of benzene rings is 1. The molecule has 0 spiro atoms. The second kappa shape index (κ2) is 7.60.